The van der Waals surface area contributed by atoms with Gasteiger partial charge in [-0.05, 0) is 30.7 Å². The third kappa shape index (κ3) is 3.38. The molecule has 5 nitrogen and oxygen atoms in total. The van der Waals surface area contributed by atoms with E-state index in [0.29, 0.717) is 12.4 Å². The van der Waals surface area contributed by atoms with Crippen molar-refractivity contribution in [3.63, 3.8) is 0 Å². The molecule has 2 atom stereocenters. The van der Waals surface area contributed by atoms with Crippen LogP contribution in [0, 0.1) is 12.8 Å². The fourth-order valence-corrected chi connectivity index (χ4v) is 3.83. The van der Waals surface area contributed by atoms with Crippen LogP contribution in [-0.4, -0.2) is 34.0 Å². The van der Waals surface area contributed by atoms with Gasteiger partial charge < -0.3 is 9.42 Å². The molecule has 0 N–H and O–H groups in total. The predicted molar refractivity (Wildman–Crippen MR) is 84.8 cm³/mol. The first-order valence-electron chi connectivity index (χ1n) is 7.75. The van der Waals surface area contributed by atoms with Gasteiger partial charge in [0.25, 0.3) is 0 Å². The van der Waals surface area contributed by atoms with Crippen molar-refractivity contribution in [3.8, 4) is 0 Å². The Balaban J connectivity index is 1.62. The Morgan fingerprint density at radius 1 is 1.59 bits per heavy atom. The highest BCUT2D eigenvalue weighted by atomic mass is 32.1. The van der Waals surface area contributed by atoms with Crippen molar-refractivity contribution < 1.29 is 9.32 Å². The molecule has 0 unspecified atom stereocenters. The summed E-state index contributed by atoms with van der Waals surface area (Å²) in [4.78, 5) is 20.2. The highest BCUT2D eigenvalue weighted by Gasteiger charge is 2.29. The molecule has 3 rings (SSSR count). The second kappa shape index (κ2) is 6.60. The average Bonchev–Trinajstić information content (AvgIpc) is 3.18. The monoisotopic (exact) mass is 319 g/mol. The van der Waals surface area contributed by atoms with Gasteiger partial charge >= 0.3 is 0 Å². The van der Waals surface area contributed by atoms with Crippen LogP contribution in [-0.2, 0) is 11.2 Å². The molecule has 0 radical (unpaired) electrons. The topological polar surface area (TPSA) is 59.2 Å². The van der Waals surface area contributed by atoms with E-state index >= 15 is 0 Å². The minimum atomic E-state index is 0.0180. The van der Waals surface area contributed by atoms with E-state index in [0.717, 1.165) is 31.6 Å². The highest BCUT2D eigenvalue weighted by molar-refractivity contribution is 7.09. The van der Waals surface area contributed by atoms with Gasteiger partial charge in [-0.25, -0.2) is 0 Å². The minimum absolute atomic E-state index is 0.0180. The molecular weight excluding hydrogens is 298 g/mol. The number of carbonyl (C=O) groups excluding carboxylic acids is 1. The van der Waals surface area contributed by atoms with Gasteiger partial charge in [0, 0.05) is 36.7 Å². The smallest absolute Gasteiger partial charge is 0.225 e. The largest absolute Gasteiger partial charge is 0.342 e. The molecule has 1 aliphatic heterocycles. The summed E-state index contributed by atoms with van der Waals surface area (Å²) in [7, 11) is 0. The van der Waals surface area contributed by atoms with Gasteiger partial charge in [-0.1, -0.05) is 18.1 Å². The first-order valence-corrected chi connectivity index (χ1v) is 8.63. The predicted octanol–water partition coefficient (Wildman–Crippen LogP) is 3.02. The summed E-state index contributed by atoms with van der Waals surface area (Å²) in [5.41, 5.74) is 0. The zero-order chi connectivity index (χ0) is 15.5. The van der Waals surface area contributed by atoms with Crippen molar-refractivity contribution in [2.45, 2.75) is 39.0 Å². The third-order valence-corrected chi connectivity index (χ3v) is 5.05. The fourth-order valence-electron chi connectivity index (χ4n) is 3.00. The number of hydrogen-bond donors (Lipinski definition) is 0. The van der Waals surface area contributed by atoms with Crippen molar-refractivity contribution in [1.29, 1.82) is 0 Å². The van der Waals surface area contributed by atoms with Gasteiger partial charge in [0.2, 0.25) is 11.8 Å². The molecule has 118 valence electrons. The maximum absolute atomic E-state index is 12.7. The van der Waals surface area contributed by atoms with Crippen molar-refractivity contribution in [1.82, 2.24) is 15.0 Å². The van der Waals surface area contributed by atoms with Gasteiger partial charge in [0.15, 0.2) is 5.82 Å². The SMILES string of the molecule is Cc1nc([C@@H]2CCCN(C(=O)[C@H](C)Cc3cccs3)C2)no1. The van der Waals surface area contributed by atoms with Crippen LogP contribution in [0.15, 0.2) is 22.0 Å². The molecule has 6 heteroatoms. The fraction of sp³-hybridized carbons (Fsp3) is 0.562. The molecule has 3 heterocycles. The number of aromatic nitrogens is 2. The van der Waals surface area contributed by atoms with Crippen molar-refractivity contribution in [2.75, 3.05) is 13.1 Å². The molecule has 0 spiro atoms. The lowest BCUT2D eigenvalue weighted by Crippen LogP contribution is -2.42. The number of amides is 1. The van der Waals surface area contributed by atoms with Crippen molar-refractivity contribution >= 4 is 17.2 Å². The molecule has 0 aromatic carbocycles. The molecule has 1 fully saturated rings. The lowest BCUT2D eigenvalue weighted by Gasteiger charge is -2.33. The Labute approximate surface area is 134 Å². The van der Waals surface area contributed by atoms with Gasteiger partial charge in [-0.2, -0.15) is 4.98 Å². The molecule has 1 aliphatic rings. The normalized spacial score (nSPS) is 20.1. The summed E-state index contributed by atoms with van der Waals surface area (Å²) in [5, 5.41) is 6.07. The lowest BCUT2D eigenvalue weighted by atomic mass is 9.95. The standard InChI is InChI=1S/C16H21N3O2S/c1-11(9-14-6-4-8-22-14)16(20)19-7-3-5-13(10-19)15-17-12(2)21-18-15/h4,6,8,11,13H,3,5,7,9-10H2,1-2H3/t11-,13-/m1/s1. The molecule has 1 amide bonds. The van der Waals surface area contributed by atoms with Gasteiger partial charge in [-0.3, -0.25) is 4.79 Å². The second-order valence-electron chi connectivity index (χ2n) is 5.98. The van der Waals surface area contributed by atoms with Gasteiger partial charge in [-0.15, -0.1) is 11.3 Å². The maximum Gasteiger partial charge on any atom is 0.225 e. The van der Waals surface area contributed by atoms with E-state index in [1.807, 2.05) is 17.9 Å². The Bertz CT molecular complexity index is 623. The lowest BCUT2D eigenvalue weighted by molar-refractivity contribution is -0.136. The quantitative estimate of drug-likeness (QED) is 0.869. The number of aryl methyl sites for hydroxylation is 1. The zero-order valence-corrected chi connectivity index (χ0v) is 13.8. The maximum atomic E-state index is 12.7. The Hall–Kier alpha value is -1.69. The van der Waals surface area contributed by atoms with Crippen LogP contribution in [0.1, 0.15) is 42.3 Å². The Kier molecular flexibility index (Phi) is 4.57. The van der Waals surface area contributed by atoms with E-state index in [1.54, 1.807) is 18.3 Å². The Morgan fingerprint density at radius 3 is 3.14 bits per heavy atom. The van der Waals surface area contributed by atoms with Crippen LogP contribution in [0.4, 0.5) is 0 Å². The first-order chi connectivity index (χ1) is 10.6. The van der Waals surface area contributed by atoms with Gasteiger partial charge in [0.05, 0.1) is 0 Å². The van der Waals surface area contributed by atoms with Gasteiger partial charge in [0.1, 0.15) is 0 Å². The first kappa shape index (κ1) is 15.2. The van der Waals surface area contributed by atoms with Crippen LogP contribution in [0.3, 0.4) is 0 Å². The molecule has 0 saturated carbocycles. The van der Waals surface area contributed by atoms with E-state index in [1.165, 1.54) is 4.88 Å². The Morgan fingerprint density at radius 2 is 2.45 bits per heavy atom. The van der Waals surface area contributed by atoms with E-state index in [4.69, 9.17) is 4.52 Å². The molecule has 1 saturated heterocycles. The summed E-state index contributed by atoms with van der Waals surface area (Å²) in [6.45, 7) is 5.35. The minimum Gasteiger partial charge on any atom is -0.342 e. The molecule has 22 heavy (non-hydrogen) atoms. The number of nitrogens with zero attached hydrogens (tertiary/aromatic N) is 3. The van der Waals surface area contributed by atoms with E-state index in [2.05, 4.69) is 21.6 Å². The molecule has 2 aromatic heterocycles. The molecule has 2 aromatic rings. The number of rotatable bonds is 4. The number of likely N-dealkylation sites (tertiary alicyclic amines) is 1. The number of piperidine rings is 1. The average molecular weight is 319 g/mol. The van der Waals surface area contributed by atoms with E-state index in [-0.39, 0.29) is 17.7 Å². The van der Waals surface area contributed by atoms with Crippen molar-refractivity contribution in [3.05, 3.63) is 34.1 Å². The molecular formula is C16H21N3O2S. The summed E-state index contributed by atoms with van der Waals surface area (Å²) in [5.74, 6) is 1.78. The van der Waals surface area contributed by atoms with Crippen LogP contribution < -0.4 is 0 Å². The summed E-state index contributed by atoms with van der Waals surface area (Å²) in [6, 6.07) is 4.13. The summed E-state index contributed by atoms with van der Waals surface area (Å²) >= 11 is 1.71. The second-order valence-corrected chi connectivity index (χ2v) is 7.01. The number of hydrogen-bond acceptors (Lipinski definition) is 5. The van der Waals surface area contributed by atoms with Crippen LogP contribution in [0.2, 0.25) is 0 Å². The summed E-state index contributed by atoms with van der Waals surface area (Å²) < 4.78 is 5.07. The van der Waals surface area contributed by atoms with Crippen LogP contribution >= 0.6 is 11.3 Å². The van der Waals surface area contributed by atoms with Crippen molar-refractivity contribution in [2.24, 2.45) is 5.92 Å². The zero-order valence-electron chi connectivity index (χ0n) is 13.0. The number of carbonyl (C=O) groups is 1. The molecule has 0 bridgehead atoms. The number of thiophene rings is 1. The van der Waals surface area contributed by atoms with E-state index < -0.39 is 0 Å². The highest BCUT2D eigenvalue weighted by Crippen LogP contribution is 2.26. The third-order valence-electron chi connectivity index (χ3n) is 4.15. The van der Waals surface area contributed by atoms with Crippen LogP contribution in [0.25, 0.3) is 0 Å². The molecule has 0 aliphatic carbocycles. The van der Waals surface area contributed by atoms with E-state index in [9.17, 15) is 4.79 Å². The van der Waals surface area contributed by atoms with Crippen LogP contribution in [0.5, 0.6) is 0 Å². The summed E-state index contributed by atoms with van der Waals surface area (Å²) in [6.07, 6.45) is 2.83.